The molecule has 0 bridgehead atoms. The molecule has 0 amide bonds. The van der Waals surface area contributed by atoms with Crippen molar-refractivity contribution in [3.05, 3.63) is 54.6 Å². The standard InChI is InChI=1S/C17H24N6O2S.HI/c1-2-19-17(21-11-8-15-6-3-4-10-20-15)22-12-13-23-26(24,25)16-7-5-9-18-14-16;/h3-7,9-10,14,23H,2,8,11-13H2,1H3,(H2,19,21,22);1H. The number of sulfonamides is 1. The first kappa shape index (κ1) is 23.2. The second-order valence-electron chi connectivity index (χ2n) is 5.35. The van der Waals surface area contributed by atoms with Gasteiger partial charge in [-0.3, -0.25) is 15.0 Å². The van der Waals surface area contributed by atoms with Crippen molar-refractivity contribution in [3.8, 4) is 0 Å². The zero-order valence-corrected chi connectivity index (χ0v) is 18.3. The van der Waals surface area contributed by atoms with Crippen LogP contribution in [0.5, 0.6) is 0 Å². The van der Waals surface area contributed by atoms with Crippen LogP contribution in [0.25, 0.3) is 0 Å². The lowest BCUT2D eigenvalue weighted by atomic mass is 10.3. The van der Waals surface area contributed by atoms with Crippen LogP contribution in [0.2, 0.25) is 0 Å². The van der Waals surface area contributed by atoms with E-state index in [4.69, 9.17) is 0 Å². The van der Waals surface area contributed by atoms with E-state index < -0.39 is 10.0 Å². The summed E-state index contributed by atoms with van der Waals surface area (Å²) >= 11 is 0. The second-order valence-corrected chi connectivity index (χ2v) is 7.11. The van der Waals surface area contributed by atoms with Crippen molar-refractivity contribution in [3.63, 3.8) is 0 Å². The minimum absolute atomic E-state index is 0. The molecule has 10 heteroatoms. The molecule has 148 valence electrons. The van der Waals surface area contributed by atoms with E-state index in [0.717, 1.165) is 18.7 Å². The largest absolute Gasteiger partial charge is 0.357 e. The highest BCUT2D eigenvalue weighted by atomic mass is 127. The van der Waals surface area contributed by atoms with Crippen LogP contribution in [0.3, 0.4) is 0 Å². The first-order valence-corrected chi connectivity index (χ1v) is 9.92. The number of nitrogens with one attached hydrogen (secondary N) is 3. The number of aliphatic imine (C=N–C) groups is 1. The molecule has 0 saturated heterocycles. The van der Waals surface area contributed by atoms with Gasteiger partial charge in [-0.1, -0.05) is 6.07 Å². The fourth-order valence-electron chi connectivity index (χ4n) is 2.13. The van der Waals surface area contributed by atoms with Gasteiger partial charge in [-0.15, -0.1) is 24.0 Å². The van der Waals surface area contributed by atoms with Crippen LogP contribution in [0.1, 0.15) is 12.6 Å². The van der Waals surface area contributed by atoms with Gasteiger partial charge in [0.05, 0.1) is 6.54 Å². The molecule has 0 aromatic carbocycles. The van der Waals surface area contributed by atoms with Crippen LogP contribution in [0, 0.1) is 0 Å². The number of nitrogens with zero attached hydrogens (tertiary/aromatic N) is 3. The summed E-state index contributed by atoms with van der Waals surface area (Å²) in [6.07, 6.45) is 5.39. The molecular formula is C17H25IN6O2S. The highest BCUT2D eigenvalue weighted by Crippen LogP contribution is 2.04. The van der Waals surface area contributed by atoms with Gasteiger partial charge in [-0.05, 0) is 31.2 Å². The molecule has 3 N–H and O–H groups in total. The predicted octanol–water partition coefficient (Wildman–Crippen LogP) is 1.17. The first-order chi connectivity index (χ1) is 12.6. The Morgan fingerprint density at radius 1 is 1.11 bits per heavy atom. The highest BCUT2D eigenvalue weighted by molar-refractivity contribution is 14.0. The lowest BCUT2D eigenvalue weighted by Gasteiger charge is -2.11. The van der Waals surface area contributed by atoms with Gasteiger partial charge in [-0.2, -0.15) is 0 Å². The Morgan fingerprint density at radius 3 is 2.63 bits per heavy atom. The molecule has 0 aliphatic heterocycles. The molecule has 27 heavy (non-hydrogen) atoms. The van der Waals surface area contributed by atoms with Crippen molar-refractivity contribution < 1.29 is 8.42 Å². The normalized spacial score (nSPS) is 11.5. The Morgan fingerprint density at radius 2 is 1.96 bits per heavy atom. The van der Waals surface area contributed by atoms with E-state index in [1.807, 2.05) is 25.1 Å². The molecule has 0 atom stereocenters. The molecule has 2 heterocycles. The van der Waals surface area contributed by atoms with Gasteiger partial charge >= 0.3 is 0 Å². The summed E-state index contributed by atoms with van der Waals surface area (Å²) in [5.74, 6) is 0.643. The van der Waals surface area contributed by atoms with Crippen molar-refractivity contribution in [2.75, 3.05) is 26.2 Å². The van der Waals surface area contributed by atoms with E-state index in [9.17, 15) is 8.42 Å². The SMILES string of the molecule is CCNC(=NCCNS(=O)(=O)c1cccnc1)NCCc1ccccn1.I. The number of rotatable bonds is 9. The third-order valence-electron chi connectivity index (χ3n) is 3.36. The van der Waals surface area contributed by atoms with Crippen LogP contribution in [0.15, 0.2) is 58.8 Å². The van der Waals surface area contributed by atoms with Crippen LogP contribution in [-0.2, 0) is 16.4 Å². The van der Waals surface area contributed by atoms with E-state index in [1.54, 1.807) is 12.3 Å². The first-order valence-electron chi connectivity index (χ1n) is 8.43. The van der Waals surface area contributed by atoms with Crippen molar-refractivity contribution >= 4 is 40.0 Å². The maximum absolute atomic E-state index is 12.1. The molecule has 0 radical (unpaired) electrons. The molecule has 0 spiro atoms. The van der Waals surface area contributed by atoms with Crippen LogP contribution < -0.4 is 15.4 Å². The van der Waals surface area contributed by atoms with Crippen molar-refractivity contribution in [2.45, 2.75) is 18.2 Å². The second kappa shape index (κ2) is 12.6. The van der Waals surface area contributed by atoms with Gasteiger partial charge in [0.15, 0.2) is 5.96 Å². The van der Waals surface area contributed by atoms with E-state index in [1.165, 1.54) is 18.5 Å². The zero-order chi connectivity index (χ0) is 18.7. The fraction of sp³-hybridized carbons (Fsp3) is 0.353. The Bertz CT molecular complexity index is 788. The van der Waals surface area contributed by atoms with Crippen molar-refractivity contribution in [1.82, 2.24) is 25.3 Å². The summed E-state index contributed by atoms with van der Waals surface area (Å²) in [6.45, 7) is 3.90. The van der Waals surface area contributed by atoms with E-state index in [-0.39, 0.29) is 35.4 Å². The number of guanidine groups is 1. The minimum atomic E-state index is -3.55. The molecule has 0 aliphatic carbocycles. The molecule has 2 aromatic rings. The van der Waals surface area contributed by atoms with Crippen LogP contribution in [-0.4, -0.2) is 50.5 Å². The number of hydrogen-bond donors (Lipinski definition) is 3. The summed E-state index contributed by atoms with van der Waals surface area (Å²) in [5, 5.41) is 6.34. The van der Waals surface area contributed by atoms with E-state index >= 15 is 0 Å². The predicted molar refractivity (Wildman–Crippen MR) is 117 cm³/mol. The third kappa shape index (κ3) is 8.63. The van der Waals surface area contributed by atoms with Gasteiger partial charge in [0.2, 0.25) is 10.0 Å². The maximum Gasteiger partial charge on any atom is 0.242 e. The molecule has 2 rings (SSSR count). The zero-order valence-electron chi connectivity index (χ0n) is 15.1. The smallest absolute Gasteiger partial charge is 0.242 e. The topological polar surface area (TPSA) is 108 Å². The molecule has 0 unspecified atom stereocenters. The molecule has 8 nitrogen and oxygen atoms in total. The van der Waals surface area contributed by atoms with Gasteiger partial charge < -0.3 is 10.6 Å². The summed E-state index contributed by atoms with van der Waals surface area (Å²) in [7, 11) is -3.55. The van der Waals surface area contributed by atoms with Crippen LogP contribution >= 0.6 is 24.0 Å². The molecule has 2 aromatic heterocycles. The molecular weight excluding hydrogens is 479 g/mol. The number of aromatic nitrogens is 2. The summed E-state index contributed by atoms with van der Waals surface area (Å²) in [5.41, 5.74) is 1.00. The Labute approximate surface area is 177 Å². The quantitative estimate of drug-likeness (QED) is 0.205. The maximum atomic E-state index is 12.1. The Balaban J connectivity index is 0.00000364. The average Bonchev–Trinajstić information content (AvgIpc) is 2.67. The summed E-state index contributed by atoms with van der Waals surface area (Å²) < 4.78 is 26.7. The van der Waals surface area contributed by atoms with Crippen molar-refractivity contribution in [2.24, 2.45) is 4.99 Å². The minimum Gasteiger partial charge on any atom is -0.357 e. The number of pyridine rings is 2. The summed E-state index contributed by atoms with van der Waals surface area (Å²) in [6, 6.07) is 8.90. The number of hydrogen-bond acceptors (Lipinski definition) is 5. The van der Waals surface area contributed by atoms with Gasteiger partial charge in [0, 0.05) is 50.3 Å². The van der Waals surface area contributed by atoms with E-state index in [0.29, 0.717) is 19.0 Å². The monoisotopic (exact) mass is 504 g/mol. The van der Waals surface area contributed by atoms with Gasteiger partial charge in [0.25, 0.3) is 0 Å². The Kier molecular flexibility index (Phi) is 10.8. The van der Waals surface area contributed by atoms with Crippen molar-refractivity contribution in [1.29, 1.82) is 0 Å². The average molecular weight is 504 g/mol. The van der Waals surface area contributed by atoms with Gasteiger partial charge in [-0.25, -0.2) is 13.1 Å². The third-order valence-corrected chi connectivity index (χ3v) is 4.81. The lowest BCUT2D eigenvalue weighted by Crippen LogP contribution is -2.39. The molecule has 0 aliphatic rings. The fourth-order valence-corrected chi connectivity index (χ4v) is 3.12. The van der Waals surface area contributed by atoms with Gasteiger partial charge in [0.1, 0.15) is 4.90 Å². The van der Waals surface area contributed by atoms with E-state index in [2.05, 4.69) is 30.3 Å². The molecule has 0 fully saturated rings. The number of halogens is 1. The van der Waals surface area contributed by atoms with Crippen LogP contribution in [0.4, 0.5) is 0 Å². The highest BCUT2D eigenvalue weighted by Gasteiger charge is 2.12. The lowest BCUT2D eigenvalue weighted by molar-refractivity contribution is 0.581. The molecule has 0 saturated carbocycles. The Hall–Kier alpha value is -1.79. The summed E-state index contributed by atoms with van der Waals surface area (Å²) in [4.78, 5) is 12.6.